The molecule has 5 nitrogen and oxygen atoms in total. The standard InChI is InChI=1S/C13H16FN3O2S2/c1-9-12(20-8-16-9)7-17(2)21(18,19)13-5-10(6-15)3-4-11(13)14/h3-5,8H,6-7,15H2,1-2H3. The maximum atomic E-state index is 13.9. The fourth-order valence-corrected chi connectivity index (χ4v) is 3.97. The second kappa shape index (κ2) is 6.18. The Morgan fingerprint density at radius 1 is 1.43 bits per heavy atom. The van der Waals surface area contributed by atoms with Gasteiger partial charge in [-0.15, -0.1) is 11.3 Å². The molecular weight excluding hydrogens is 313 g/mol. The summed E-state index contributed by atoms with van der Waals surface area (Å²) in [4.78, 5) is 4.55. The van der Waals surface area contributed by atoms with E-state index in [1.165, 1.54) is 30.5 Å². The van der Waals surface area contributed by atoms with Crippen molar-refractivity contribution in [3.8, 4) is 0 Å². The number of rotatable bonds is 5. The van der Waals surface area contributed by atoms with Crippen LogP contribution >= 0.6 is 11.3 Å². The third-order valence-electron chi connectivity index (χ3n) is 3.13. The maximum absolute atomic E-state index is 13.9. The molecule has 1 aromatic heterocycles. The van der Waals surface area contributed by atoms with Crippen molar-refractivity contribution in [3.63, 3.8) is 0 Å². The van der Waals surface area contributed by atoms with Crippen molar-refractivity contribution in [3.05, 3.63) is 45.7 Å². The average Bonchev–Trinajstić information content (AvgIpc) is 2.84. The number of hydrogen-bond donors (Lipinski definition) is 1. The first-order chi connectivity index (χ1) is 9.86. The summed E-state index contributed by atoms with van der Waals surface area (Å²) in [6.45, 7) is 2.12. The van der Waals surface area contributed by atoms with Gasteiger partial charge in [-0.3, -0.25) is 0 Å². The van der Waals surface area contributed by atoms with E-state index in [9.17, 15) is 12.8 Å². The number of benzene rings is 1. The summed E-state index contributed by atoms with van der Waals surface area (Å²) in [7, 11) is -2.49. The van der Waals surface area contributed by atoms with E-state index in [1.54, 1.807) is 5.51 Å². The molecule has 2 rings (SSSR count). The predicted octanol–water partition coefficient (Wildman–Crippen LogP) is 1.87. The number of hydrogen-bond acceptors (Lipinski definition) is 5. The van der Waals surface area contributed by atoms with Crippen LogP contribution in [0.2, 0.25) is 0 Å². The molecule has 0 aliphatic rings. The van der Waals surface area contributed by atoms with Crippen molar-refractivity contribution in [1.82, 2.24) is 9.29 Å². The molecular formula is C13H16FN3O2S2. The Bertz CT molecular complexity index is 744. The van der Waals surface area contributed by atoms with Crippen LogP contribution in [0.25, 0.3) is 0 Å². The van der Waals surface area contributed by atoms with E-state index < -0.39 is 15.8 Å². The fourth-order valence-electron chi connectivity index (χ4n) is 1.81. The molecule has 0 spiro atoms. The zero-order valence-corrected chi connectivity index (χ0v) is 13.3. The maximum Gasteiger partial charge on any atom is 0.246 e. The highest BCUT2D eigenvalue weighted by Crippen LogP contribution is 2.23. The van der Waals surface area contributed by atoms with Crippen molar-refractivity contribution in [2.45, 2.75) is 24.9 Å². The van der Waals surface area contributed by atoms with E-state index in [4.69, 9.17) is 5.73 Å². The van der Waals surface area contributed by atoms with E-state index in [-0.39, 0.29) is 18.0 Å². The van der Waals surface area contributed by atoms with E-state index >= 15 is 0 Å². The van der Waals surface area contributed by atoms with Crippen LogP contribution in [-0.4, -0.2) is 24.8 Å². The number of halogens is 1. The summed E-state index contributed by atoms with van der Waals surface area (Å²) >= 11 is 1.37. The molecule has 0 fully saturated rings. The summed E-state index contributed by atoms with van der Waals surface area (Å²) in [6, 6.07) is 3.88. The minimum Gasteiger partial charge on any atom is -0.326 e. The van der Waals surface area contributed by atoms with Crippen LogP contribution in [0, 0.1) is 12.7 Å². The molecule has 0 bridgehead atoms. The Morgan fingerprint density at radius 2 is 2.14 bits per heavy atom. The number of aromatic nitrogens is 1. The minimum atomic E-state index is -3.91. The summed E-state index contributed by atoms with van der Waals surface area (Å²) in [5.41, 5.74) is 8.48. The molecule has 0 saturated carbocycles. The summed E-state index contributed by atoms with van der Waals surface area (Å²) < 4.78 is 40.0. The Kier molecular flexibility index (Phi) is 4.72. The second-order valence-electron chi connectivity index (χ2n) is 4.59. The molecule has 0 atom stereocenters. The van der Waals surface area contributed by atoms with Crippen LogP contribution in [0.5, 0.6) is 0 Å². The minimum absolute atomic E-state index is 0.153. The van der Waals surface area contributed by atoms with Crippen LogP contribution < -0.4 is 5.73 Å². The summed E-state index contributed by atoms with van der Waals surface area (Å²) in [5, 5.41) is 0. The molecule has 8 heteroatoms. The number of sulfonamides is 1. The van der Waals surface area contributed by atoms with Gasteiger partial charge in [0.2, 0.25) is 10.0 Å². The van der Waals surface area contributed by atoms with Gasteiger partial charge in [-0.05, 0) is 24.6 Å². The second-order valence-corrected chi connectivity index (χ2v) is 7.54. The highest BCUT2D eigenvalue weighted by molar-refractivity contribution is 7.89. The van der Waals surface area contributed by atoms with Crippen LogP contribution in [0.1, 0.15) is 16.1 Å². The summed E-state index contributed by atoms with van der Waals surface area (Å²) in [6.07, 6.45) is 0. The Hall–Kier alpha value is -1.35. The summed E-state index contributed by atoms with van der Waals surface area (Å²) in [5.74, 6) is -0.778. The number of nitrogens with zero attached hydrogens (tertiary/aromatic N) is 2. The predicted molar refractivity (Wildman–Crippen MR) is 79.8 cm³/mol. The quantitative estimate of drug-likeness (QED) is 0.908. The zero-order valence-electron chi connectivity index (χ0n) is 11.7. The highest BCUT2D eigenvalue weighted by Gasteiger charge is 2.25. The average molecular weight is 329 g/mol. The lowest BCUT2D eigenvalue weighted by molar-refractivity contribution is 0.461. The van der Waals surface area contributed by atoms with Gasteiger partial charge in [-0.25, -0.2) is 17.8 Å². The molecule has 114 valence electrons. The molecule has 1 aromatic carbocycles. The van der Waals surface area contributed by atoms with Gasteiger partial charge in [-0.1, -0.05) is 6.07 Å². The first-order valence-corrected chi connectivity index (χ1v) is 8.52. The van der Waals surface area contributed by atoms with E-state index in [1.807, 2.05) is 6.92 Å². The van der Waals surface area contributed by atoms with Gasteiger partial charge >= 0.3 is 0 Å². The third kappa shape index (κ3) is 3.29. The van der Waals surface area contributed by atoms with Gasteiger partial charge in [-0.2, -0.15) is 4.31 Å². The van der Waals surface area contributed by atoms with E-state index in [0.717, 1.165) is 20.9 Å². The number of nitrogens with two attached hydrogens (primary N) is 1. The van der Waals surface area contributed by atoms with Gasteiger partial charge < -0.3 is 5.73 Å². The van der Waals surface area contributed by atoms with Gasteiger partial charge in [0.25, 0.3) is 0 Å². The van der Waals surface area contributed by atoms with Gasteiger partial charge in [0.1, 0.15) is 10.7 Å². The molecule has 0 unspecified atom stereocenters. The lowest BCUT2D eigenvalue weighted by atomic mass is 10.2. The Morgan fingerprint density at radius 3 is 2.71 bits per heavy atom. The van der Waals surface area contributed by atoms with Crippen LogP contribution in [-0.2, 0) is 23.1 Å². The van der Waals surface area contributed by atoms with Gasteiger partial charge in [0, 0.05) is 25.0 Å². The van der Waals surface area contributed by atoms with Crippen LogP contribution in [0.4, 0.5) is 4.39 Å². The van der Waals surface area contributed by atoms with Crippen molar-refractivity contribution >= 4 is 21.4 Å². The zero-order chi connectivity index (χ0) is 15.6. The van der Waals surface area contributed by atoms with Gasteiger partial charge in [0.05, 0.1) is 11.2 Å². The first-order valence-electron chi connectivity index (χ1n) is 6.20. The van der Waals surface area contributed by atoms with Gasteiger partial charge in [0.15, 0.2) is 0 Å². The molecule has 1 heterocycles. The first kappa shape index (κ1) is 16.0. The molecule has 0 radical (unpaired) electrons. The molecule has 2 aromatic rings. The molecule has 2 N–H and O–H groups in total. The molecule has 0 amide bonds. The third-order valence-corrected chi connectivity index (χ3v) is 5.87. The lowest BCUT2D eigenvalue weighted by Crippen LogP contribution is -2.27. The van der Waals surface area contributed by atoms with E-state index in [0.29, 0.717) is 5.56 Å². The molecule has 0 aliphatic carbocycles. The van der Waals surface area contributed by atoms with Crippen LogP contribution in [0.15, 0.2) is 28.6 Å². The van der Waals surface area contributed by atoms with Crippen molar-refractivity contribution in [1.29, 1.82) is 0 Å². The van der Waals surface area contributed by atoms with Crippen LogP contribution in [0.3, 0.4) is 0 Å². The fraction of sp³-hybridized carbons (Fsp3) is 0.308. The van der Waals surface area contributed by atoms with Crippen molar-refractivity contribution in [2.24, 2.45) is 5.73 Å². The Labute approximate surface area is 127 Å². The number of aryl methyl sites for hydroxylation is 1. The number of thiazole rings is 1. The van der Waals surface area contributed by atoms with E-state index in [2.05, 4.69) is 4.98 Å². The Balaban J connectivity index is 2.35. The molecule has 21 heavy (non-hydrogen) atoms. The topological polar surface area (TPSA) is 76.3 Å². The SMILES string of the molecule is Cc1ncsc1CN(C)S(=O)(=O)c1cc(CN)ccc1F. The van der Waals surface area contributed by atoms with Crippen molar-refractivity contribution < 1.29 is 12.8 Å². The normalized spacial score (nSPS) is 12.0. The highest BCUT2D eigenvalue weighted by atomic mass is 32.2. The monoisotopic (exact) mass is 329 g/mol. The van der Waals surface area contributed by atoms with Crippen molar-refractivity contribution in [2.75, 3.05) is 7.05 Å². The molecule has 0 aliphatic heterocycles. The lowest BCUT2D eigenvalue weighted by Gasteiger charge is -2.17. The largest absolute Gasteiger partial charge is 0.326 e. The molecule has 0 saturated heterocycles. The smallest absolute Gasteiger partial charge is 0.246 e.